The number of anilines is 1. The van der Waals surface area contributed by atoms with Crippen molar-refractivity contribution in [2.75, 3.05) is 11.4 Å². The van der Waals surface area contributed by atoms with Crippen molar-refractivity contribution in [2.45, 2.75) is 31.1 Å². The topological polar surface area (TPSA) is 75.4 Å². The summed E-state index contributed by atoms with van der Waals surface area (Å²) in [6.07, 6.45) is 1.52. The summed E-state index contributed by atoms with van der Waals surface area (Å²) in [6, 6.07) is 6.02. The van der Waals surface area contributed by atoms with Crippen LogP contribution in [0.2, 0.25) is 0 Å². The van der Waals surface area contributed by atoms with E-state index in [4.69, 9.17) is 0 Å². The van der Waals surface area contributed by atoms with E-state index in [9.17, 15) is 13.5 Å². The largest absolute Gasteiger partial charge is 0.508 e. The summed E-state index contributed by atoms with van der Waals surface area (Å²) in [6.45, 7) is 5.78. The third-order valence-electron chi connectivity index (χ3n) is 3.36. The number of aromatic nitrogens is 2. The number of benzene rings is 1. The number of hydrogen-bond acceptors (Lipinski definition) is 4. The van der Waals surface area contributed by atoms with Crippen LogP contribution < -0.4 is 4.31 Å². The highest BCUT2D eigenvalue weighted by molar-refractivity contribution is 7.92. The Morgan fingerprint density at radius 3 is 2.23 bits per heavy atom. The summed E-state index contributed by atoms with van der Waals surface area (Å²) in [4.78, 5) is 0.193. The lowest BCUT2D eigenvalue weighted by Crippen LogP contribution is -2.28. The number of phenols is 1. The van der Waals surface area contributed by atoms with Gasteiger partial charge in [-0.3, -0.25) is 8.99 Å². The maximum atomic E-state index is 12.9. The summed E-state index contributed by atoms with van der Waals surface area (Å²) in [5, 5.41) is 13.6. The van der Waals surface area contributed by atoms with Crippen LogP contribution in [0, 0.1) is 0 Å². The molecule has 0 bridgehead atoms. The third-order valence-corrected chi connectivity index (χ3v) is 5.14. The fraction of sp³-hybridized carbons (Fsp3) is 0.400. The van der Waals surface area contributed by atoms with E-state index in [2.05, 4.69) is 5.10 Å². The predicted molar refractivity (Wildman–Crippen MR) is 85.6 cm³/mol. The molecule has 0 aliphatic rings. The van der Waals surface area contributed by atoms with E-state index in [0.29, 0.717) is 11.4 Å². The number of hydrogen-bond donors (Lipinski definition) is 1. The number of aromatic hydroxyl groups is 1. The molecule has 1 aromatic carbocycles. The average Bonchev–Trinajstić information content (AvgIpc) is 2.82. The minimum Gasteiger partial charge on any atom is -0.508 e. The Bertz CT molecular complexity index is 771. The van der Waals surface area contributed by atoms with E-state index in [1.165, 1.54) is 34.4 Å². The van der Waals surface area contributed by atoms with Crippen molar-refractivity contribution < 1.29 is 13.5 Å². The van der Waals surface area contributed by atoms with Gasteiger partial charge in [0.1, 0.15) is 10.6 Å². The van der Waals surface area contributed by atoms with E-state index in [-0.39, 0.29) is 16.1 Å². The normalized spacial score (nSPS) is 12.4. The number of phenolic OH excluding ortho intramolecular Hbond substituents is 1. The predicted octanol–water partition coefficient (Wildman–Crippen LogP) is 2.25. The smallest absolute Gasteiger partial charge is 0.267 e. The zero-order chi connectivity index (χ0) is 16.7. The van der Waals surface area contributed by atoms with Crippen LogP contribution in [0.4, 0.5) is 5.69 Å². The fourth-order valence-electron chi connectivity index (χ4n) is 2.12. The van der Waals surface area contributed by atoms with Crippen LogP contribution in [-0.4, -0.2) is 30.4 Å². The molecule has 22 heavy (non-hydrogen) atoms. The van der Waals surface area contributed by atoms with E-state index in [0.717, 1.165) is 0 Å². The van der Waals surface area contributed by atoms with Crippen molar-refractivity contribution in [3.63, 3.8) is 0 Å². The molecule has 0 unspecified atom stereocenters. The van der Waals surface area contributed by atoms with Crippen LogP contribution in [0.25, 0.3) is 0 Å². The molecule has 6 nitrogen and oxygen atoms in total. The molecular weight excluding hydrogens is 302 g/mol. The molecule has 0 fully saturated rings. The molecule has 1 heterocycles. The van der Waals surface area contributed by atoms with Crippen molar-refractivity contribution in [3.05, 3.63) is 36.2 Å². The first-order chi connectivity index (χ1) is 10.0. The molecular formula is C15H21N3O3S. The van der Waals surface area contributed by atoms with Gasteiger partial charge in [0.15, 0.2) is 0 Å². The summed E-state index contributed by atoms with van der Waals surface area (Å²) in [7, 11) is -0.539. The van der Waals surface area contributed by atoms with Gasteiger partial charge in [0.2, 0.25) is 0 Å². The average molecular weight is 323 g/mol. The lowest BCUT2D eigenvalue weighted by Gasteiger charge is -2.22. The van der Waals surface area contributed by atoms with Crippen LogP contribution in [0.5, 0.6) is 5.75 Å². The zero-order valence-corrected chi connectivity index (χ0v) is 14.2. The first-order valence-corrected chi connectivity index (χ1v) is 8.29. The third kappa shape index (κ3) is 2.94. The summed E-state index contributed by atoms with van der Waals surface area (Å²) in [5.74, 6) is 0.0892. The van der Waals surface area contributed by atoms with Gasteiger partial charge in [0.25, 0.3) is 10.0 Å². The second-order valence-electron chi connectivity index (χ2n) is 6.25. The van der Waals surface area contributed by atoms with Gasteiger partial charge in [-0.1, -0.05) is 20.8 Å². The van der Waals surface area contributed by atoms with E-state index < -0.39 is 10.0 Å². The standard InChI is InChI=1S/C15H21N3O3S/c1-15(2,3)14-13(10-17(4)16-14)22(20,21)18(5)11-6-8-12(19)9-7-11/h6-10,19H,1-5H3. The van der Waals surface area contributed by atoms with Crippen molar-refractivity contribution in [2.24, 2.45) is 7.05 Å². The molecule has 7 heteroatoms. The lowest BCUT2D eigenvalue weighted by atomic mass is 9.92. The number of aryl methyl sites for hydroxylation is 1. The van der Waals surface area contributed by atoms with E-state index in [1.54, 1.807) is 19.2 Å². The van der Waals surface area contributed by atoms with Gasteiger partial charge in [-0.2, -0.15) is 5.10 Å². The molecule has 1 aromatic heterocycles. The molecule has 0 aliphatic carbocycles. The van der Waals surface area contributed by atoms with Gasteiger partial charge < -0.3 is 5.11 Å². The van der Waals surface area contributed by atoms with Gasteiger partial charge in [-0.15, -0.1) is 0 Å². The Kier molecular flexibility index (Phi) is 3.95. The number of nitrogens with zero attached hydrogens (tertiary/aromatic N) is 3. The second-order valence-corrected chi connectivity index (χ2v) is 8.19. The first-order valence-electron chi connectivity index (χ1n) is 6.85. The second kappa shape index (κ2) is 5.31. The summed E-state index contributed by atoms with van der Waals surface area (Å²) < 4.78 is 28.5. The van der Waals surface area contributed by atoms with E-state index >= 15 is 0 Å². The Labute approximate surface area is 131 Å². The van der Waals surface area contributed by atoms with Crippen LogP contribution in [0.1, 0.15) is 26.5 Å². The fourth-order valence-corrected chi connectivity index (χ4v) is 3.70. The highest BCUT2D eigenvalue weighted by Gasteiger charge is 2.32. The molecule has 1 N–H and O–H groups in total. The Morgan fingerprint density at radius 2 is 1.73 bits per heavy atom. The maximum Gasteiger partial charge on any atom is 0.267 e. The van der Waals surface area contributed by atoms with Crippen LogP contribution in [0.3, 0.4) is 0 Å². The van der Waals surface area contributed by atoms with Crippen molar-refractivity contribution in [1.29, 1.82) is 0 Å². The van der Waals surface area contributed by atoms with Crippen LogP contribution in [0.15, 0.2) is 35.4 Å². The SMILES string of the molecule is CN(c1ccc(O)cc1)S(=O)(=O)c1cn(C)nc1C(C)(C)C. The lowest BCUT2D eigenvalue weighted by molar-refractivity contribution is 0.475. The van der Waals surface area contributed by atoms with Crippen molar-refractivity contribution >= 4 is 15.7 Å². The number of sulfonamides is 1. The van der Waals surface area contributed by atoms with Crippen LogP contribution in [-0.2, 0) is 22.5 Å². The summed E-state index contributed by atoms with van der Waals surface area (Å²) >= 11 is 0. The van der Waals surface area contributed by atoms with Crippen molar-refractivity contribution in [3.8, 4) is 5.75 Å². The molecule has 0 amide bonds. The zero-order valence-electron chi connectivity index (χ0n) is 13.4. The molecule has 0 aliphatic heterocycles. The molecule has 0 saturated carbocycles. The van der Waals surface area contributed by atoms with E-state index in [1.807, 2.05) is 20.8 Å². The molecule has 2 rings (SSSR count). The quantitative estimate of drug-likeness (QED) is 0.940. The Balaban J connectivity index is 2.53. The van der Waals surface area contributed by atoms with Crippen LogP contribution >= 0.6 is 0 Å². The Hall–Kier alpha value is -2.02. The van der Waals surface area contributed by atoms with Gasteiger partial charge in [0, 0.05) is 25.7 Å². The van der Waals surface area contributed by atoms with Gasteiger partial charge in [0.05, 0.1) is 11.4 Å². The molecule has 0 atom stereocenters. The minimum atomic E-state index is -3.73. The van der Waals surface area contributed by atoms with Gasteiger partial charge in [-0.25, -0.2) is 8.42 Å². The molecule has 0 spiro atoms. The monoisotopic (exact) mass is 323 g/mol. The summed E-state index contributed by atoms with van der Waals surface area (Å²) in [5.41, 5.74) is 0.613. The molecule has 120 valence electrons. The maximum absolute atomic E-state index is 12.9. The highest BCUT2D eigenvalue weighted by atomic mass is 32.2. The first kappa shape index (κ1) is 16.4. The van der Waals surface area contributed by atoms with Crippen molar-refractivity contribution in [1.82, 2.24) is 9.78 Å². The molecule has 0 radical (unpaired) electrons. The van der Waals surface area contributed by atoms with Gasteiger partial charge in [-0.05, 0) is 24.3 Å². The highest BCUT2D eigenvalue weighted by Crippen LogP contribution is 2.31. The van der Waals surface area contributed by atoms with Gasteiger partial charge >= 0.3 is 0 Å². The minimum absolute atomic E-state index is 0.0892. The molecule has 0 saturated heterocycles. The molecule has 2 aromatic rings. The Morgan fingerprint density at radius 1 is 1.18 bits per heavy atom. The number of rotatable bonds is 3.